The number of benzene rings is 1. The minimum atomic E-state index is 0.112. The Hall–Kier alpha value is -4.80. The summed E-state index contributed by atoms with van der Waals surface area (Å²) >= 11 is 0. The summed E-state index contributed by atoms with van der Waals surface area (Å²) in [5.41, 5.74) is 5.23. The van der Waals surface area contributed by atoms with Gasteiger partial charge < -0.3 is 23.7 Å². The average molecular weight is 642 g/mol. The van der Waals surface area contributed by atoms with Crippen LogP contribution in [-0.4, -0.2) is 85.9 Å². The highest BCUT2D eigenvalue weighted by molar-refractivity contribution is 6.00. The molecule has 5 fully saturated rings. The maximum absolute atomic E-state index is 14.0. The van der Waals surface area contributed by atoms with Crippen LogP contribution < -0.4 is 9.64 Å². The molecule has 2 saturated heterocycles. The van der Waals surface area contributed by atoms with Crippen molar-refractivity contribution in [3.8, 4) is 17.3 Å². The number of anilines is 1. The molecule has 0 radical (unpaired) electrons. The highest BCUT2D eigenvalue weighted by Gasteiger charge is 2.61. The van der Waals surface area contributed by atoms with Crippen LogP contribution in [0.4, 0.5) is 5.82 Å². The zero-order chi connectivity index (χ0) is 32.1. The molecule has 0 bridgehead atoms. The number of aliphatic imine (C=N–C) groups is 1. The van der Waals surface area contributed by atoms with Crippen LogP contribution in [0.1, 0.15) is 41.7 Å². The molecule has 6 heterocycles. The molecule has 48 heavy (non-hydrogen) atoms. The summed E-state index contributed by atoms with van der Waals surface area (Å²) in [7, 11) is 3.46. The molecule has 0 N–H and O–H groups in total. The van der Waals surface area contributed by atoms with E-state index in [0.29, 0.717) is 35.1 Å². The number of fused-ring (bicyclic) bond motifs is 2. The fourth-order valence-corrected chi connectivity index (χ4v) is 9.18. The van der Waals surface area contributed by atoms with Crippen LogP contribution in [0.2, 0.25) is 0 Å². The third kappa shape index (κ3) is 4.25. The van der Waals surface area contributed by atoms with Gasteiger partial charge in [-0.15, -0.1) is 0 Å². The number of hydrogen-bond donors (Lipinski definition) is 0. The molecule has 11 nitrogen and oxygen atoms in total. The normalized spacial score (nSPS) is 24.6. The SMILES string of the molecule is CN=Cc1nccnc1N1CC(Cn2c(-c3cc4cccnc4n3CC3CC3)nc3cc(C(=O)N4CC5CC6CC4[C@H]65)cc(OC)c32)C1. The number of amides is 1. The Morgan fingerprint density at radius 1 is 0.979 bits per heavy atom. The lowest BCUT2D eigenvalue weighted by molar-refractivity contribution is -0.0204. The van der Waals surface area contributed by atoms with Crippen LogP contribution in [0.3, 0.4) is 0 Å². The predicted octanol–water partition coefficient (Wildman–Crippen LogP) is 4.93. The predicted molar refractivity (Wildman–Crippen MR) is 184 cm³/mol. The Bertz CT molecular complexity index is 2120. The number of aromatic nitrogens is 6. The second-order valence-electron chi connectivity index (χ2n) is 14.6. The Balaban J connectivity index is 1.06. The number of nitrogens with zero attached hydrogens (tertiary/aromatic N) is 9. The van der Waals surface area contributed by atoms with Crippen molar-refractivity contribution >= 4 is 40.0 Å². The first-order valence-electron chi connectivity index (χ1n) is 17.4. The van der Waals surface area contributed by atoms with Crippen LogP contribution in [0.5, 0.6) is 5.75 Å². The zero-order valence-corrected chi connectivity index (χ0v) is 27.4. The molecule has 5 aliphatic rings. The standard InChI is InChI=1S/C37H39N9O2/c1-38-15-28-35(41-9-8-39-28)43-16-22(17-43)19-46-33-27(42-36(46)30-12-23-4-3-7-40-34(23)44(30)18-21-5-6-21)11-25(14-31(33)48-2)37(47)45-20-26-10-24-13-29(45)32(24)26/h3-4,7-9,11-12,14-15,21-22,24,26,29,32H,5-6,10,13,16-20H2,1-2H3/t24?,26?,29?,32-/m1/s1. The smallest absolute Gasteiger partial charge is 0.254 e. The molecule has 2 aliphatic heterocycles. The van der Waals surface area contributed by atoms with Crippen LogP contribution >= 0.6 is 0 Å². The van der Waals surface area contributed by atoms with Gasteiger partial charge in [0.15, 0.2) is 11.6 Å². The van der Waals surface area contributed by atoms with Crippen LogP contribution in [-0.2, 0) is 13.1 Å². The summed E-state index contributed by atoms with van der Waals surface area (Å²) in [4.78, 5) is 41.9. The van der Waals surface area contributed by atoms with Crippen LogP contribution in [0.25, 0.3) is 33.6 Å². The van der Waals surface area contributed by atoms with Gasteiger partial charge in [0, 0.05) is 81.3 Å². The van der Waals surface area contributed by atoms with Crippen molar-refractivity contribution in [2.75, 3.05) is 38.7 Å². The van der Waals surface area contributed by atoms with E-state index in [0.717, 1.165) is 96.1 Å². The van der Waals surface area contributed by atoms with Crippen molar-refractivity contribution in [1.29, 1.82) is 0 Å². The van der Waals surface area contributed by atoms with Gasteiger partial charge in [0.05, 0.1) is 24.5 Å². The number of likely N-dealkylation sites (tertiary alicyclic amines) is 1. The van der Waals surface area contributed by atoms with Crippen molar-refractivity contribution in [1.82, 2.24) is 34.0 Å². The van der Waals surface area contributed by atoms with Crippen molar-refractivity contribution in [2.45, 2.75) is 44.8 Å². The van der Waals surface area contributed by atoms with Gasteiger partial charge in [0.2, 0.25) is 0 Å². The molecule has 3 unspecified atom stereocenters. The molecule has 1 amide bonds. The monoisotopic (exact) mass is 641 g/mol. The second-order valence-corrected chi connectivity index (χ2v) is 14.6. The average Bonchev–Trinajstić information content (AvgIpc) is 3.72. The first-order valence-corrected chi connectivity index (χ1v) is 17.4. The summed E-state index contributed by atoms with van der Waals surface area (Å²) in [5, 5.41) is 1.11. The molecule has 3 aliphatic carbocycles. The van der Waals surface area contributed by atoms with E-state index >= 15 is 0 Å². The molecular formula is C37H39N9O2. The third-order valence-corrected chi connectivity index (χ3v) is 11.7. The largest absolute Gasteiger partial charge is 0.494 e. The number of hydrogen-bond acceptors (Lipinski definition) is 8. The van der Waals surface area contributed by atoms with Gasteiger partial charge in [-0.1, -0.05) is 0 Å². The van der Waals surface area contributed by atoms with E-state index in [9.17, 15) is 4.79 Å². The number of rotatable bonds is 9. The minimum Gasteiger partial charge on any atom is -0.494 e. The molecular weight excluding hydrogens is 602 g/mol. The van der Waals surface area contributed by atoms with Crippen LogP contribution in [0, 0.1) is 29.6 Å². The molecule has 10 rings (SSSR count). The summed E-state index contributed by atoms with van der Waals surface area (Å²) in [5.74, 6) is 5.82. The van der Waals surface area contributed by atoms with Gasteiger partial charge in [-0.2, -0.15) is 0 Å². The van der Waals surface area contributed by atoms with Gasteiger partial charge in [-0.05, 0) is 79.7 Å². The van der Waals surface area contributed by atoms with Gasteiger partial charge in [-0.3, -0.25) is 9.79 Å². The van der Waals surface area contributed by atoms with Crippen molar-refractivity contribution in [3.63, 3.8) is 0 Å². The summed E-state index contributed by atoms with van der Waals surface area (Å²) in [6, 6.07) is 10.7. The Morgan fingerprint density at radius 2 is 1.83 bits per heavy atom. The lowest BCUT2D eigenvalue weighted by Gasteiger charge is -2.52. The van der Waals surface area contributed by atoms with E-state index in [1.165, 1.54) is 19.3 Å². The number of imidazole rings is 1. The van der Waals surface area contributed by atoms with Gasteiger partial charge in [-0.25, -0.2) is 19.9 Å². The maximum Gasteiger partial charge on any atom is 0.254 e. The summed E-state index contributed by atoms with van der Waals surface area (Å²) in [6.07, 6.45) is 12.0. The van der Waals surface area contributed by atoms with Gasteiger partial charge >= 0.3 is 0 Å². The second kappa shape index (κ2) is 10.6. The summed E-state index contributed by atoms with van der Waals surface area (Å²) in [6.45, 7) is 4.24. The van der Waals surface area contributed by atoms with Crippen molar-refractivity contribution < 1.29 is 9.53 Å². The molecule has 4 aromatic heterocycles. The molecule has 1 aromatic carbocycles. The van der Waals surface area contributed by atoms with E-state index in [2.05, 4.69) is 46.0 Å². The first kappa shape index (κ1) is 28.2. The zero-order valence-electron chi connectivity index (χ0n) is 27.4. The van der Waals surface area contributed by atoms with Crippen molar-refractivity contribution in [3.05, 3.63) is 60.2 Å². The highest BCUT2D eigenvalue weighted by Crippen LogP contribution is 2.60. The fraction of sp³-hybridized carbons (Fsp3) is 0.459. The lowest BCUT2D eigenvalue weighted by Crippen LogP contribution is -2.53. The number of ether oxygens (including phenoxy) is 1. The van der Waals surface area contributed by atoms with E-state index in [1.54, 1.807) is 32.8 Å². The van der Waals surface area contributed by atoms with Gasteiger partial charge in [0.25, 0.3) is 5.91 Å². The summed E-state index contributed by atoms with van der Waals surface area (Å²) < 4.78 is 10.8. The quantitative estimate of drug-likeness (QED) is 0.210. The Labute approximate surface area is 278 Å². The molecule has 11 heteroatoms. The van der Waals surface area contributed by atoms with E-state index in [-0.39, 0.29) is 5.91 Å². The number of carbonyl (C=O) groups is 1. The maximum atomic E-state index is 14.0. The topological polar surface area (TPSA) is 107 Å². The lowest BCUT2D eigenvalue weighted by atomic mass is 9.53. The van der Waals surface area contributed by atoms with Gasteiger partial charge in [0.1, 0.15) is 22.6 Å². The molecule has 3 saturated carbocycles. The van der Waals surface area contributed by atoms with E-state index in [4.69, 9.17) is 14.7 Å². The number of methoxy groups -OCH3 is 1. The Kier molecular flexibility index (Phi) is 6.24. The Morgan fingerprint density at radius 3 is 2.62 bits per heavy atom. The fourth-order valence-electron chi connectivity index (χ4n) is 9.18. The van der Waals surface area contributed by atoms with Crippen LogP contribution in [0.15, 0.2) is 53.9 Å². The molecule has 244 valence electrons. The molecule has 5 aromatic rings. The minimum absolute atomic E-state index is 0.112. The van der Waals surface area contributed by atoms with E-state index < -0.39 is 0 Å². The number of pyridine rings is 1. The molecule has 0 spiro atoms. The number of carbonyl (C=O) groups excluding carboxylic acids is 1. The third-order valence-electron chi connectivity index (χ3n) is 11.7. The first-order chi connectivity index (χ1) is 23.6. The van der Waals surface area contributed by atoms with Crippen molar-refractivity contribution in [2.24, 2.45) is 34.6 Å². The highest BCUT2D eigenvalue weighted by atomic mass is 16.5. The van der Waals surface area contributed by atoms with E-state index in [1.807, 2.05) is 24.4 Å². The molecule has 4 atom stereocenters.